The molecule has 112 valence electrons. The third kappa shape index (κ3) is 3.08. The zero-order chi connectivity index (χ0) is 15.8. The molecule has 9 heteroatoms. The van der Waals surface area contributed by atoms with Gasteiger partial charge in [-0.25, -0.2) is 21.9 Å². The quantitative estimate of drug-likeness (QED) is 0.934. The van der Waals surface area contributed by atoms with Gasteiger partial charge in [-0.15, -0.1) is 0 Å². The van der Waals surface area contributed by atoms with Crippen LogP contribution in [0.1, 0.15) is 21.6 Å². The van der Waals surface area contributed by atoms with Crippen molar-refractivity contribution in [1.82, 2.24) is 9.10 Å². The van der Waals surface area contributed by atoms with Crippen LogP contribution in [0.15, 0.2) is 22.4 Å². The van der Waals surface area contributed by atoms with E-state index in [4.69, 9.17) is 0 Å². The van der Waals surface area contributed by atoms with Crippen molar-refractivity contribution in [3.8, 4) is 0 Å². The molecular weight excluding hydrogens is 322 g/mol. The monoisotopic (exact) mass is 332 g/mol. The molecule has 1 heterocycles. The average molecular weight is 332 g/mol. The smallest absolute Gasteiger partial charge is 0.267 e. The zero-order valence-electron chi connectivity index (χ0n) is 11.0. The molecule has 0 atom stereocenters. The van der Waals surface area contributed by atoms with E-state index in [0.29, 0.717) is 11.8 Å². The van der Waals surface area contributed by atoms with E-state index in [-0.39, 0.29) is 11.1 Å². The molecule has 0 bridgehead atoms. The number of carbonyl (C=O) groups is 1. The molecule has 2 aromatic rings. The van der Waals surface area contributed by atoms with E-state index in [2.05, 4.69) is 4.37 Å². The van der Waals surface area contributed by atoms with Crippen molar-refractivity contribution >= 4 is 27.5 Å². The fraction of sp³-hybridized carbons (Fsp3) is 0.167. The van der Waals surface area contributed by atoms with Crippen molar-refractivity contribution in [2.75, 3.05) is 0 Å². The Bertz CT molecular complexity index is 816. The Kier molecular flexibility index (Phi) is 4.06. The first-order chi connectivity index (χ1) is 9.72. The van der Waals surface area contributed by atoms with Crippen molar-refractivity contribution in [3.05, 3.63) is 46.0 Å². The SMILES string of the molecule is Cc1cc(F)c(S(=O)(=O)NC(=O)c2csnc2C)cc1F. The highest BCUT2D eigenvalue weighted by atomic mass is 32.2. The van der Waals surface area contributed by atoms with E-state index < -0.39 is 32.5 Å². The summed E-state index contributed by atoms with van der Waals surface area (Å²) in [6.07, 6.45) is 0. The molecule has 1 aromatic carbocycles. The number of aromatic nitrogens is 1. The van der Waals surface area contributed by atoms with Gasteiger partial charge in [0.25, 0.3) is 15.9 Å². The lowest BCUT2D eigenvalue weighted by molar-refractivity contribution is 0.0981. The summed E-state index contributed by atoms with van der Waals surface area (Å²) in [6.45, 7) is 2.83. The summed E-state index contributed by atoms with van der Waals surface area (Å²) in [7, 11) is -4.51. The molecule has 0 unspecified atom stereocenters. The summed E-state index contributed by atoms with van der Waals surface area (Å²) in [5.74, 6) is -2.95. The number of nitrogens with zero attached hydrogens (tertiary/aromatic N) is 1. The van der Waals surface area contributed by atoms with Gasteiger partial charge in [0, 0.05) is 5.38 Å². The van der Waals surface area contributed by atoms with E-state index in [1.807, 2.05) is 0 Å². The molecule has 0 aliphatic rings. The summed E-state index contributed by atoms with van der Waals surface area (Å²) in [6, 6.07) is 1.30. The Hall–Kier alpha value is -1.87. The summed E-state index contributed by atoms with van der Waals surface area (Å²) in [4.78, 5) is 10.9. The van der Waals surface area contributed by atoms with Gasteiger partial charge in [0.15, 0.2) is 0 Å². The van der Waals surface area contributed by atoms with Gasteiger partial charge in [-0.05, 0) is 43.1 Å². The van der Waals surface area contributed by atoms with E-state index in [9.17, 15) is 22.0 Å². The number of amides is 1. The highest BCUT2D eigenvalue weighted by Crippen LogP contribution is 2.19. The number of hydrogen-bond acceptors (Lipinski definition) is 5. The molecule has 2 rings (SSSR count). The highest BCUT2D eigenvalue weighted by molar-refractivity contribution is 7.90. The first-order valence-corrected chi connectivity index (χ1v) is 7.98. The van der Waals surface area contributed by atoms with E-state index >= 15 is 0 Å². The second-order valence-corrected chi connectivity index (χ2v) is 6.56. The van der Waals surface area contributed by atoms with Crippen molar-refractivity contribution in [3.63, 3.8) is 0 Å². The Morgan fingerprint density at radius 1 is 1.24 bits per heavy atom. The van der Waals surface area contributed by atoms with Gasteiger partial charge in [-0.3, -0.25) is 4.79 Å². The number of aryl methyl sites for hydroxylation is 2. The molecule has 1 N–H and O–H groups in total. The van der Waals surface area contributed by atoms with Gasteiger partial charge in [-0.2, -0.15) is 4.37 Å². The second-order valence-electron chi connectivity index (χ2n) is 4.28. The van der Waals surface area contributed by atoms with Crippen molar-refractivity contribution in [1.29, 1.82) is 0 Å². The normalized spacial score (nSPS) is 11.4. The first-order valence-electron chi connectivity index (χ1n) is 5.66. The fourth-order valence-electron chi connectivity index (χ4n) is 1.58. The summed E-state index contributed by atoms with van der Waals surface area (Å²) in [5.41, 5.74) is 0.385. The predicted octanol–water partition coefficient (Wildman–Crippen LogP) is 2.16. The van der Waals surface area contributed by atoms with Gasteiger partial charge >= 0.3 is 0 Å². The molecule has 1 aromatic heterocycles. The van der Waals surface area contributed by atoms with Gasteiger partial charge in [-0.1, -0.05) is 0 Å². The summed E-state index contributed by atoms with van der Waals surface area (Å²) < 4.78 is 56.6. The maximum atomic E-state index is 13.7. The van der Waals surface area contributed by atoms with Crippen LogP contribution in [0.25, 0.3) is 0 Å². The number of benzene rings is 1. The van der Waals surface area contributed by atoms with Crippen LogP contribution in [-0.2, 0) is 10.0 Å². The number of rotatable bonds is 3. The maximum Gasteiger partial charge on any atom is 0.267 e. The molecule has 0 radical (unpaired) electrons. The largest absolute Gasteiger partial charge is 0.268 e. The molecule has 0 aliphatic heterocycles. The predicted molar refractivity (Wildman–Crippen MR) is 72.6 cm³/mol. The van der Waals surface area contributed by atoms with Crippen LogP contribution in [0.4, 0.5) is 8.78 Å². The number of sulfonamides is 1. The fourth-order valence-corrected chi connectivity index (χ4v) is 3.31. The van der Waals surface area contributed by atoms with Crippen molar-refractivity contribution < 1.29 is 22.0 Å². The highest BCUT2D eigenvalue weighted by Gasteiger charge is 2.25. The minimum Gasteiger partial charge on any atom is -0.268 e. The van der Waals surface area contributed by atoms with Crippen molar-refractivity contribution in [2.45, 2.75) is 18.7 Å². The van der Waals surface area contributed by atoms with Crippen LogP contribution >= 0.6 is 11.5 Å². The van der Waals surface area contributed by atoms with Crippen LogP contribution < -0.4 is 4.72 Å². The molecule has 5 nitrogen and oxygen atoms in total. The zero-order valence-corrected chi connectivity index (χ0v) is 12.6. The third-order valence-corrected chi connectivity index (χ3v) is 4.79. The van der Waals surface area contributed by atoms with E-state index in [1.165, 1.54) is 19.2 Å². The first kappa shape index (κ1) is 15.5. The van der Waals surface area contributed by atoms with Gasteiger partial charge < -0.3 is 0 Å². The molecule has 0 spiro atoms. The number of hydrogen-bond donors (Lipinski definition) is 1. The van der Waals surface area contributed by atoms with Crippen LogP contribution in [-0.4, -0.2) is 18.7 Å². The lowest BCUT2D eigenvalue weighted by Gasteiger charge is -2.08. The third-order valence-electron chi connectivity index (χ3n) is 2.72. The molecule has 0 aliphatic carbocycles. The minimum atomic E-state index is -4.51. The minimum absolute atomic E-state index is 0.0318. The Balaban J connectivity index is 2.38. The molecule has 21 heavy (non-hydrogen) atoms. The van der Waals surface area contributed by atoms with Crippen LogP contribution in [0, 0.1) is 25.5 Å². The summed E-state index contributed by atoms with van der Waals surface area (Å²) in [5, 5.41) is 1.37. The molecule has 0 fully saturated rings. The number of nitrogens with one attached hydrogen (secondary N) is 1. The molecule has 0 saturated heterocycles. The van der Waals surface area contributed by atoms with Gasteiger partial charge in [0.1, 0.15) is 16.5 Å². The topological polar surface area (TPSA) is 76.1 Å². The standard InChI is InChI=1S/C12H10F2N2O3S2/c1-6-3-10(14)11(4-9(6)13)21(18,19)16-12(17)8-5-20-15-7(8)2/h3-5H,1-2H3,(H,16,17). The molecular formula is C12H10F2N2O3S2. The molecule has 0 saturated carbocycles. The van der Waals surface area contributed by atoms with Crippen LogP contribution in [0.2, 0.25) is 0 Å². The number of halogens is 2. The van der Waals surface area contributed by atoms with Crippen LogP contribution in [0.5, 0.6) is 0 Å². The maximum absolute atomic E-state index is 13.7. The Morgan fingerprint density at radius 3 is 2.48 bits per heavy atom. The van der Waals surface area contributed by atoms with Crippen molar-refractivity contribution in [2.24, 2.45) is 0 Å². The lowest BCUT2D eigenvalue weighted by Crippen LogP contribution is -2.31. The van der Waals surface area contributed by atoms with Crippen LogP contribution in [0.3, 0.4) is 0 Å². The Labute approximate surface area is 123 Å². The van der Waals surface area contributed by atoms with Gasteiger partial charge in [0.05, 0.1) is 11.3 Å². The number of carbonyl (C=O) groups excluding carboxylic acids is 1. The second kappa shape index (κ2) is 5.49. The summed E-state index contributed by atoms with van der Waals surface area (Å²) >= 11 is 0.984. The average Bonchev–Trinajstić information content (AvgIpc) is 2.79. The lowest BCUT2D eigenvalue weighted by atomic mass is 10.2. The van der Waals surface area contributed by atoms with E-state index in [0.717, 1.165) is 17.6 Å². The Morgan fingerprint density at radius 2 is 1.90 bits per heavy atom. The molecule has 1 amide bonds. The van der Waals surface area contributed by atoms with Gasteiger partial charge in [0.2, 0.25) is 0 Å². The van der Waals surface area contributed by atoms with E-state index in [1.54, 1.807) is 4.72 Å².